The average Bonchev–Trinajstić information content (AvgIpc) is 3.38. The second kappa shape index (κ2) is 9.74. The molecule has 1 aromatic carbocycles. The Kier molecular flexibility index (Phi) is 6.71. The number of Topliss-reactive ketones (excluding diaryl/α,β-unsaturated/α-hetero) is 1. The molecule has 9 atom stereocenters. The molecular weight excluding hydrogens is 506 g/mol. The smallest absolute Gasteiger partial charge is 0.321 e. The standard InChI is InChI=1S/C33H41NO6/c1-31-13-12-22(36)15-21(31)10-11-23-24-16-25-29(30(39)40)34(14-6-9-20-7-4-3-5-8-20)19-33(25,27(38)18-35)32(24,2)17-26(37)28(23)31/h3-5,7-8,12-13,15,23-26,28-29,35,37H,6,9-11,14,16-19H2,1-2H3,(H,39,40)/t23-,24-,25-,26-,28+,29?,31-,32-,33+/m0/s1. The van der Waals surface area contributed by atoms with Crippen molar-refractivity contribution in [3.05, 3.63) is 59.7 Å². The lowest BCUT2D eigenvalue weighted by molar-refractivity contribution is -0.159. The number of nitrogens with zero attached hydrogens (tertiary/aromatic N) is 1. The van der Waals surface area contributed by atoms with Crippen LogP contribution in [-0.2, 0) is 20.8 Å². The van der Waals surface area contributed by atoms with E-state index < -0.39 is 46.9 Å². The van der Waals surface area contributed by atoms with E-state index in [9.17, 15) is 29.7 Å². The Hall–Kier alpha value is -2.61. The van der Waals surface area contributed by atoms with E-state index in [1.54, 1.807) is 12.2 Å². The van der Waals surface area contributed by atoms with Crippen LogP contribution in [-0.4, -0.2) is 69.6 Å². The van der Waals surface area contributed by atoms with Gasteiger partial charge in [-0.2, -0.15) is 0 Å². The zero-order valence-corrected chi connectivity index (χ0v) is 23.5. The van der Waals surface area contributed by atoms with Crippen LogP contribution in [0, 0.1) is 39.9 Å². The third kappa shape index (κ3) is 3.77. The normalized spacial score (nSPS) is 42.0. The van der Waals surface area contributed by atoms with Gasteiger partial charge in [0.1, 0.15) is 12.6 Å². The van der Waals surface area contributed by atoms with Crippen LogP contribution in [0.3, 0.4) is 0 Å². The van der Waals surface area contributed by atoms with E-state index in [1.165, 1.54) is 5.56 Å². The molecule has 214 valence electrons. The summed E-state index contributed by atoms with van der Waals surface area (Å²) in [5.41, 5.74) is 0.172. The Balaban J connectivity index is 1.34. The lowest BCUT2D eigenvalue weighted by Gasteiger charge is -2.60. The van der Waals surface area contributed by atoms with Crippen LogP contribution < -0.4 is 0 Å². The number of fused-ring (bicyclic) bond motifs is 7. The highest BCUT2D eigenvalue weighted by Crippen LogP contribution is 2.73. The fraction of sp³-hybridized carbons (Fsp3) is 0.606. The molecule has 1 aliphatic heterocycles. The second-order valence-electron chi connectivity index (χ2n) is 13.4. The molecule has 1 aromatic rings. The Bertz CT molecular complexity index is 1270. The fourth-order valence-electron chi connectivity index (χ4n) is 10.3. The van der Waals surface area contributed by atoms with Gasteiger partial charge in [-0.25, -0.2) is 0 Å². The molecule has 0 bridgehead atoms. The minimum atomic E-state index is -1.02. The van der Waals surface area contributed by atoms with Crippen LogP contribution in [0.25, 0.3) is 0 Å². The summed E-state index contributed by atoms with van der Waals surface area (Å²) in [5.74, 6) is -1.57. The summed E-state index contributed by atoms with van der Waals surface area (Å²) in [6.45, 7) is 4.44. The first-order chi connectivity index (χ1) is 19.1. The summed E-state index contributed by atoms with van der Waals surface area (Å²) in [5, 5.41) is 32.6. The van der Waals surface area contributed by atoms with Crippen molar-refractivity contribution in [2.75, 3.05) is 19.7 Å². The molecule has 4 aliphatic carbocycles. The summed E-state index contributed by atoms with van der Waals surface area (Å²) in [6.07, 6.45) is 8.74. The highest BCUT2D eigenvalue weighted by molar-refractivity contribution is 6.01. The van der Waals surface area contributed by atoms with Crippen LogP contribution >= 0.6 is 0 Å². The van der Waals surface area contributed by atoms with Crippen molar-refractivity contribution in [2.45, 2.75) is 64.5 Å². The van der Waals surface area contributed by atoms with Gasteiger partial charge >= 0.3 is 5.97 Å². The molecule has 3 saturated carbocycles. The molecule has 7 nitrogen and oxygen atoms in total. The third-order valence-electron chi connectivity index (χ3n) is 11.9. The van der Waals surface area contributed by atoms with E-state index in [0.29, 0.717) is 25.9 Å². The van der Waals surface area contributed by atoms with Crippen LogP contribution in [0.15, 0.2) is 54.1 Å². The molecule has 4 fully saturated rings. The number of allylic oxidation sites excluding steroid dienone is 4. The molecule has 0 amide bonds. The number of aliphatic hydroxyl groups is 2. The van der Waals surface area contributed by atoms with Crippen LogP contribution in [0.5, 0.6) is 0 Å². The van der Waals surface area contributed by atoms with Gasteiger partial charge in [-0.15, -0.1) is 0 Å². The van der Waals surface area contributed by atoms with Gasteiger partial charge in [0.2, 0.25) is 0 Å². The van der Waals surface area contributed by atoms with E-state index in [0.717, 1.165) is 31.3 Å². The fourth-order valence-corrected chi connectivity index (χ4v) is 10.3. The Morgan fingerprint density at radius 2 is 1.88 bits per heavy atom. The van der Waals surface area contributed by atoms with Crippen molar-refractivity contribution in [1.82, 2.24) is 4.90 Å². The van der Waals surface area contributed by atoms with Gasteiger partial charge in [-0.05, 0) is 86.0 Å². The number of carboxylic acid groups (broad SMARTS) is 1. The maximum absolute atomic E-state index is 13.9. The van der Waals surface area contributed by atoms with Gasteiger partial charge in [0.05, 0.1) is 11.5 Å². The maximum Gasteiger partial charge on any atom is 0.321 e. The van der Waals surface area contributed by atoms with E-state index in [1.807, 2.05) is 29.2 Å². The minimum Gasteiger partial charge on any atom is -0.480 e. The highest BCUT2D eigenvalue weighted by atomic mass is 16.4. The molecule has 1 unspecified atom stereocenters. The number of carboxylic acids is 1. The first-order valence-corrected chi connectivity index (χ1v) is 14.8. The van der Waals surface area contributed by atoms with Crippen molar-refractivity contribution in [3.63, 3.8) is 0 Å². The average molecular weight is 548 g/mol. The van der Waals surface area contributed by atoms with Gasteiger partial charge in [-0.3, -0.25) is 19.3 Å². The number of hydrogen-bond donors (Lipinski definition) is 3. The zero-order valence-electron chi connectivity index (χ0n) is 23.5. The number of ketones is 2. The molecule has 1 heterocycles. The highest BCUT2D eigenvalue weighted by Gasteiger charge is 2.75. The van der Waals surface area contributed by atoms with Gasteiger partial charge in [0, 0.05) is 17.9 Å². The van der Waals surface area contributed by atoms with E-state index in [2.05, 4.69) is 26.0 Å². The SMILES string of the molecule is C[C@]12C=CC(=O)C=C1CC[C@@H]1[C@@H]2[C@@H](O)C[C@@]2(C)[C@H]1C[C@H]1C(C(=O)O)N(CCCc3ccccc3)C[C@]12C(=O)CO. The van der Waals surface area contributed by atoms with Crippen LogP contribution in [0.1, 0.15) is 51.5 Å². The number of hydrogen-bond acceptors (Lipinski definition) is 6. The quantitative estimate of drug-likeness (QED) is 0.479. The summed E-state index contributed by atoms with van der Waals surface area (Å²) in [6, 6.07) is 9.31. The third-order valence-corrected chi connectivity index (χ3v) is 11.9. The minimum absolute atomic E-state index is 0.0133. The number of aliphatic carboxylic acids is 1. The molecule has 5 aliphatic rings. The number of likely N-dealkylation sites (tertiary alicyclic amines) is 1. The predicted octanol–water partition coefficient (Wildman–Crippen LogP) is 3.44. The van der Waals surface area contributed by atoms with E-state index in [4.69, 9.17) is 0 Å². The summed E-state index contributed by atoms with van der Waals surface area (Å²) in [7, 11) is 0. The van der Waals surface area contributed by atoms with Crippen molar-refractivity contribution in [1.29, 1.82) is 0 Å². The Morgan fingerprint density at radius 1 is 1.12 bits per heavy atom. The number of aryl methyl sites for hydroxylation is 1. The topological polar surface area (TPSA) is 115 Å². The number of carbonyl (C=O) groups excluding carboxylic acids is 2. The Morgan fingerprint density at radius 3 is 2.58 bits per heavy atom. The molecule has 0 aromatic heterocycles. The molecule has 7 heteroatoms. The number of aliphatic hydroxyl groups excluding tert-OH is 2. The number of rotatable bonds is 7. The largest absolute Gasteiger partial charge is 0.480 e. The van der Waals surface area contributed by atoms with Gasteiger partial charge in [0.25, 0.3) is 0 Å². The van der Waals surface area contributed by atoms with Crippen molar-refractivity contribution >= 4 is 17.5 Å². The summed E-state index contributed by atoms with van der Waals surface area (Å²) >= 11 is 0. The molecular formula is C33H41NO6. The van der Waals surface area contributed by atoms with Gasteiger partial charge in [-0.1, -0.05) is 55.8 Å². The second-order valence-corrected chi connectivity index (χ2v) is 13.4. The zero-order chi connectivity index (χ0) is 28.4. The molecule has 40 heavy (non-hydrogen) atoms. The van der Waals surface area contributed by atoms with E-state index >= 15 is 0 Å². The molecule has 1 saturated heterocycles. The molecule has 0 radical (unpaired) electrons. The summed E-state index contributed by atoms with van der Waals surface area (Å²) in [4.78, 5) is 40.9. The molecule has 3 N–H and O–H groups in total. The lowest BCUT2D eigenvalue weighted by atomic mass is 9.44. The lowest BCUT2D eigenvalue weighted by Crippen LogP contribution is -2.60. The van der Waals surface area contributed by atoms with Gasteiger partial charge < -0.3 is 15.3 Å². The summed E-state index contributed by atoms with van der Waals surface area (Å²) < 4.78 is 0. The predicted molar refractivity (Wildman–Crippen MR) is 149 cm³/mol. The van der Waals surface area contributed by atoms with Crippen molar-refractivity contribution < 1.29 is 29.7 Å². The first kappa shape index (κ1) is 27.6. The Labute approximate surface area is 236 Å². The van der Waals surface area contributed by atoms with E-state index in [-0.39, 0.29) is 29.3 Å². The van der Waals surface area contributed by atoms with Crippen LogP contribution in [0.2, 0.25) is 0 Å². The molecule has 6 rings (SSSR count). The number of carbonyl (C=O) groups is 3. The van der Waals surface area contributed by atoms with Crippen molar-refractivity contribution in [2.24, 2.45) is 39.9 Å². The molecule has 0 spiro atoms. The monoisotopic (exact) mass is 547 g/mol. The van der Waals surface area contributed by atoms with Gasteiger partial charge in [0.15, 0.2) is 11.6 Å². The van der Waals surface area contributed by atoms with Crippen molar-refractivity contribution in [3.8, 4) is 0 Å². The number of benzene rings is 1. The first-order valence-electron chi connectivity index (χ1n) is 14.8. The maximum atomic E-state index is 13.9. The van der Waals surface area contributed by atoms with Crippen LogP contribution in [0.4, 0.5) is 0 Å².